The van der Waals surface area contributed by atoms with Gasteiger partial charge in [0.1, 0.15) is 0 Å². The van der Waals surface area contributed by atoms with Gasteiger partial charge in [-0.25, -0.2) is 13.2 Å². The minimum atomic E-state index is -1.38. The van der Waals surface area contributed by atoms with E-state index in [-0.39, 0.29) is 16.4 Å². The maximum atomic E-state index is 14.1. The largest absolute Gasteiger partial charge is 0.309 e. The van der Waals surface area contributed by atoms with Gasteiger partial charge in [0.15, 0.2) is 17.5 Å². The summed E-state index contributed by atoms with van der Waals surface area (Å²) in [5, 5.41) is 3.31. The van der Waals surface area contributed by atoms with E-state index in [1.54, 1.807) is 11.8 Å². The molecule has 0 aliphatic carbocycles. The second kappa shape index (κ2) is 6.39. The van der Waals surface area contributed by atoms with Crippen LogP contribution >= 0.6 is 11.8 Å². The van der Waals surface area contributed by atoms with Crippen molar-refractivity contribution in [2.24, 2.45) is 0 Å². The quantitative estimate of drug-likeness (QED) is 0.808. The molecule has 1 aliphatic rings. The van der Waals surface area contributed by atoms with Crippen LogP contribution in [0.2, 0.25) is 0 Å². The third-order valence-corrected chi connectivity index (χ3v) is 5.43. The first kappa shape index (κ1) is 15.7. The molecule has 1 fully saturated rings. The standard InChI is InChI=1S/C15H20F3NS/c1-3-8-19-14(15(2)7-4-9-20-15)10-5-6-11(16)13(18)12(10)17/h5-6,14,19H,3-4,7-9H2,1-2H3. The van der Waals surface area contributed by atoms with E-state index in [0.29, 0.717) is 0 Å². The number of rotatable bonds is 5. The lowest BCUT2D eigenvalue weighted by atomic mass is 9.89. The molecule has 1 nitrogen and oxygen atoms in total. The zero-order valence-electron chi connectivity index (χ0n) is 11.8. The van der Waals surface area contributed by atoms with Crippen molar-refractivity contribution in [3.8, 4) is 0 Å². The summed E-state index contributed by atoms with van der Waals surface area (Å²) in [5.74, 6) is -2.55. The number of thioether (sulfide) groups is 1. The number of halogens is 3. The molecule has 1 aliphatic heterocycles. The molecule has 5 heteroatoms. The third-order valence-electron chi connectivity index (χ3n) is 3.83. The van der Waals surface area contributed by atoms with Crippen LogP contribution in [0, 0.1) is 17.5 Å². The highest BCUT2D eigenvalue weighted by Gasteiger charge is 2.40. The van der Waals surface area contributed by atoms with E-state index in [9.17, 15) is 13.2 Å². The molecular weight excluding hydrogens is 283 g/mol. The van der Waals surface area contributed by atoms with Crippen molar-refractivity contribution >= 4 is 11.8 Å². The molecule has 0 amide bonds. The molecular formula is C15H20F3NS. The molecule has 0 radical (unpaired) electrons. The smallest absolute Gasteiger partial charge is 0.194 e. The molecule has 2 unspecified atom stereocenters. The fourth-order valence-electron chi connectivity index (χ4n) is 2.74. The maximum absolute atomic E-state index is 14.1. The Hall–Kier alpha value is -0.680. The van der Waals surface area contributed by atoms with Gasteiger partial charge in [0.05, 0.1) is 0 Å². The highest BCUT2D eigenvalue weighted by atomic mass is 32.2. The van der Waals surface area contributed by atoms with Gasteiger partial charge < -0.3 is 5.32 Å². The molecule has 1 heterocycles. The first-order chi connectivity index (χ1) is 9.49. The van der Waals surface area contributed by atoms with Crippen molar-refractivity contribution < 1.29 is 13.2 Å². The number of nitrogens with one attached hydrogen (secondary N) is 1. The van der Waals surface area contributed by atoms with Crippen LogP contribution in [-0.4, -0.2) is 17.0 Å². The summed E-state index contributed by atoms with van der Waals surface area (Å²) in [4.78, 5) is 0. The lowest BCUT2D eigenvalue weighted by Crippen LogP contribution is -2.38. The van der Waals surface area contributed by atoms with E-state index in [2.05, 4.69) is 12.2 Å². The lowest BCUT2D eigenvalue weighted by molar-refractivity contribution is 0.380. The van der Waals surface area contributed by atoms with Gasteiger partial charge in [0, 0.05) is 16.4 Å². The molecule has 0 spiro atoms. The number of hydrogen-bond donors (Lipinski definition) is 1. The SMILES string of the molecule is CCCNC(c1ccc(F)c(F)c1F)C1(C)CCCS1. The van der Waals surface area contributed by atoms with Crippen molar-refractivity contribution in [2.75, 3.05) is 12.3 Å². The Kier molecular flexibility index (Phi) is 5.02. The van der Waals surface area contributed by atoms with Gasteiger partial charge in [0.25, 0.3) is 0 Å². The topological polar surface area (TPSA) is 12.0 Å². The van der Waals surface area contributed by atoms with E-state index in [1.165, 1.54) is 6.07 Å². The maximum Gasteiger partial charge on any atom is 0.194 e. The molecule has 2 atom stereocenters. The fraction of sp³-hybridized carbons (Fsp3) is 0.600. The summed E-state index contributed by atoms with van der Waals surface area (Å²) in [6.07, 6.45) is 2.91. The minimum absolute atomic E-state index is 0.180. The van der Waals surface area contributed by atoms with E-state index in [1.807, 2.05) is 6.92 Å². The van der Waals surface area contributed by atoms with Crippen LogP contribution in [0.1, 0.15) is 44.7 Å². The van der Waals surface area contributed by atoms with Crippen LogP contribution in [0.5, 0.6) is 0 Å². The zero-order valence-corrected chi connectivity index (χ0v) is 12.6. The lowest BCUT2D eigenvalue weighted by Gasteiger charge is -2.34. The molecule has 20 heavy (non-hydrogen) atoms. The minimum Gasteiger partial charge on any atom is -0.309 e. The molecule has 0 saturated carbocycles. The molecule has 0 bridgehead atoms. The number of benzene rings is 1. The van der Waals surface area contributed by atoms with Gasteiger partial charge in [0.2, 0.25) is 0 Å². The molecule has 2 rings (SSSR count). The third kappa shape index (κ3) is 2.98. The highest BCUT2D eigenvalue weighted by Crippen LogP contribution is 2.47. The van der Waals surface area contributed by atoms with Gasteiger partial charge in [-0.05, 0) is 44.6 Å². The average molecular weight is 303 g/mol. The van der Waals surface area contributed by atoms with E-state index in [4.69, 9.17) is 0 Å². The van der Waals surface area contributed by atoms with Crippen molar-refractivity contribution in [1.82, 2.24) is 5.32 Å². The second-order valence-corrected chi connectivity index (χ2v) is 7.05. The van der Waals surface area contributed by atoms with Crippen LogP contribution in [0.15, 0.2) is 12.1 Å². The van der Waals surface area contributed by atoms with Gasteiger partial charge in [-0.1, -0.05) is 13.0 Å². The molecule has 0 aromatic heterocycles. The monoisotopic (exact) mass is 303 g/mol. The van der Waals surface area contributed by atoms with E-state index in [0.717, 1.165) is 37.6 Å². The Morgan fingerprint density at radius 1 is 1.30 bits per heavy atom. The second-order valence-electron chi connectivity index (χ2n) is 5.42. The van der Waals surface area contributed by atoms with Crippen molar-refractivity contribution in [3.63, 3.8) is 0 Å². The molecule has 1 aromatic carbocycles. The van der Waals surface area contributed by atoms with Gasteiger partial charge in [-0.2, -0.15) is 11.8 Å². The van der Waals surface area contributed by atoms with Gasteiger partial charge >= 0.3 is 0 Å². The van der Waals surface area contributed by atoms with E-state index >= 15 is 0 Å². The van der Waals surface area contributed by atoms with Crippen LogP contribution in [0.3, 0.4) is 0 Å². The zero-order chi connectivity index (χ0) is 14.8. The highest BCUT2D eigenvalue weighted by molar-refractivity contribution is 8.00. The molecule has 1 saturated heterocycles. The number of hydrogen-bond acceptors (Lipinski definition) is 2. The Labute approximate surface area is 122 Å². The molecule has 112 valence electrons. The van der Waals surface area contributed by atoms with Crippen molar-refractivity contribution in [2.45, 2.75) is 43.9 Å². The fourth-order valence-corrected chi connectivity index (χ4v) is 4.16. The average Bonchev–Trinajstić information content (AvgIpc) is 2.86. The Bertz CT molecular complexity index is 472. The summed E-state index contributed by atoms with van der Waals surface area (Å²) in [7, 11) is 0. The van der Waals surface area contributed by atoms with Crippen LogP contribution in [-0.2, 0) is 0 Å². The van der Waals surface area contributed by atoms with E-state index < -0.39 is 17.5 Å². The van der Waals surface area contributed by atoms with Crippen LogP contribution in [0.4, 0.5) is 13.2 Å². The Balaban J connectivity index is 2.38. The molecule has 1 aromatic rings. The normalized spacial score (nSPS) is 24.1. The predicted molar refractivity (Wildman–Crippen MR) is 77.4 cm³/mol. The summed E-state index contributed by atoms with van der Waals surface area (Å²) >= 11 is 1.77. The Morgan fingerprint density at radius 2 is 2.05 bits per heavy atom. The van der Waals surface area contributed by atoms with Crippen molar-refractivity contribution in [3.05, 3.63) is 35.1 Å². The van der Waals surface area contributed by atoms with Crippen LogP contribution in [0.25, 0.3) is 0 Å². The first-order valence-corrected chi connectivity index (χ1v) is 7.99. The van der Waals surface area contributed by atoms with Gasteiger partial charge in [-0.3, -0.25) is 0 Å². The molecule has 1 N–H and O–H groups in total. The summed E-state index contributed by atoms with van der Waals surface area (Å²) < 4.78 is 40.5. The van der Waals surface area contributed by atoms with Crippen LogP contribution < -0.4 is 5.32 Å². The summed E-state index contributed by atoms with van der Waals surface area (Å²) in [6, 6.07) is 2.08. The summed E-state index contributed by atoms with van der Waals surface area (Å²) in [5.41, 5.74) is 0.231. The van der Waals surface area contributed by atoms with Crippen molar-refractivity contribution in [1.29, 1.82) is 0 Å². The van der Waals surface area contributed by atoms with Gasteiger partial charge in [-0.15, -0.1) is 0 Å². The first-order valence-electron chi connectivity index (χ1n) is 7.00. The summed E-state index contributed by atoms with van der Waals surface area (Å²) in [6.45, 7) is 4.81. The predicted octanol–water partition coefficient (Wildman–Crippen LogP) is 4.43. The Morgan fingerprint density at radius 3 is 2.65 bits per heavy atom.